The zero-order chi connectivity index (χ0) is 14.8. The van der Waals surface area contributed by atoms with Crippen LogP contribution in [-0.2, 0) is 0 Å². The third-order valence-electron chi connectivity index (χ3n) is 3.73. The molecule has 0 spiro atoms. The fourth-order valence-corrected chi connectivity index (χ4v) is 3.49. The predicted octanol–water partition coefficient (Wildman–Crippen LogP) is 2.41. The quantitative estimate of drug-likeness (QED) is 0.881. The summed E-state index contributed by atoms with van der Waals surface area (Å²) in [4.78, 5) is 9.54. The first kappa shape index (κ1) is 14.3. The molecule has 6 heteroatoms. The molecule has 3 rings (SSSR count). The van der Waals surface area contributed by atoms with Crippen LogP contribution in [0.5, 0.6) is 0 Å². The number of thiazole rings is 1. The first-order chi connectivity index (χ1) is 10.1. The lowest BCUT2D eigenvalue weighted by atomic mass is 10.1. The molecular formula is C15H18N4S2. The Labute approximate surface area is 134 Å². The molecule has 0 bridgehead atoms. The summed E-state index contributed by atoms with van der Waals surface area (Å²) in [6, 6.07) is 6.32. The van der Waals surface area contributed by atoms with Crippen LogP contribution in [0.4, 0.5) is 10.8 Å². The van der Waals surface area contributed by atoms with Gasteiger partial charge in [-0.05, 0) is 19.1 Å². The molecule has 0 saturated carbocycles. The zero-order valence-corrected chi connectivity index (χ0v) is 13.6. The molecule has 1 fully saturated rings. The molecule has 1 aliphatic rings. The Morgan fingerprint density at radius 3 is 2.57 bits per heavy atom. The van der Waals surface area contributed by atoms with Gasteiger partial charge in [0.2, 0.25) is 0 Å². The number of rotatable bonds is 3. The molecule has 110 valence electrons. The maximum Gasteiger partial charge on any atom is 0.185 e. The van der Waals surface area contributed by atoms with Crippen LogP contribution in [0, 0.1) is 6.92 Å². The van der Waals surface area contributed by atoms with Gasteiger partial charge in [-0.25, -0.2) is 4.98 Å². The Balaban J connectivity index is 1.76. The van der Waals surface area contributed by atoms with E-state index in [2.05, 4.69) is 39.9 Å². The molecule has 2 heterocycles. The summed E-state index contributed by atoms with van der Waals surface area (Å²) in [5.41, 5.74) is 9.19. The summed E-state index contributed by atoms with van der Waals surface area (Å²) in [5, 5.41) is 3.13. The van der Waals surface area contributed by atoms with E-state index in [0.29, 0.717) is 4.99 Å². The van der Waals surface area contributed by atoms with Gasteiger partial charge in [-0.3, -0.25) is 0 Å². The number of thiocarbonyl (C=S) groups is 1. The van der Waals surface area contributed by atoms with Crippen LogP contribution in [0.1, 0.15) is 11.1 Å². The highest BCUT2D eigenvalue weighted by Gasteiger charge is 2.21. The number of anilines is 2. The van der Waals surface area contributed by atoms with E-state index in [0.717, 1.165) is 42.6 Å². The van der Waals surface area contributed by atoms with Gasteiger partial charge in [-0.1, -0.05) is 23.8 Å². The molecule has 2 aromatic rings. The van der Waals surface area contributed by atoms with Crippen molar-refractivity contribution in [3.63, 3.8) is 0 Å². The third kappa shape index (κ3) is 3.01. The summed E-state index contributed by atoms with van der Waals surface area (Å²) in [5.74, 6) is 0. The number of hydrogen-bond donors (Lipinski definition) is 1. The Morgan fingerprint density at radius 1 is 1.24 bits per heavy atom. The van der Waals surface area contributed by atoms with E-state index in [4.69, 9.17) is 18.0 Å². The molecule has 0 atom stereocenters. The van der Waals surface area contributed by atoms with Gasteiger partial charge in [0.15, 0.2) is 5.13 Å². The lowest BCUT2D eigenvalue weighted by Gasteiger charge is -2.36. The molecule has 2 N–H and O–H groups in total. The van der Waals surface area contributed by atoms with Crippen LogP contribution in [0.3, 0.4) is 0 Å². The van der Waals surface area contributed by atoms with Crippen molar-refractivity contribution in [3.05, 3.63) is 40.9 Å². The first-order valence-corrected chi connectivity index (χ1v) is 8.24. The van der Waals surface area contributed by atoms with Crippen molar-refractivity contribution in [3.8, 4) is 0 Å². The van der Waals surface area contributed by atoms with Gasteiger partial charge < -0.3 is 15.5 Å². The lowest BCUT2D eigenvalue weighted by Crippen LogP contribution is -2.47. The topological polar surface area (TPSA) is 45.4 Å². The van der Waals surface area contributed by atoms with Crippen LogP contribution >= 0.6 is 23.6 Å². The highest BCUT2D eigenvalue weighted by atomic mass is 32.1. The van der Waals surface area contributed by atoms with E-state index in [1.165, 1.54) is 5.56 Å². The van der Waals surface area contributed by atoms with Crippen LogP contribution in [0.15, 0.2) is 29.8 Å². The van der Waals surface area contributed by atoms with Gasteiger partial charge >= 0.3 is 0 Å². The summed E-state index contributed by atoms with van der Waals surface area (Å²) in [6.45, 7) is 5.92. The number of hydrogen-bond acceptors (Lipinski definition) is 5. The van der Waals surface area contributed by atoms with E-state index in [1.54, 1.807) is 11.3 Å². The van der Waals surface area contributed by atoms with Gasteiger partial charge in [-0.2, -0.15) is 0 Å². The van der Waals surface area contributed by atoms with E-state index in [-0.39, 0.29) is 0 Å². The fourth-order valence-electron chi connectivity index (χ4n) is 2.63. The molecule has 0 radical (unpaired) electrons. The molecule has 4 nitrogen and oxygen atoms in total. The SMILES string of the molecule is Cc1ccc(N2CCN(c3nccs3)CC2)c(C(N)=S)c1. The highest BCUT2D eigenvalue weighted by molar-refractivity contribution is 7.80. The summed E-state index contributed by atoms with van der Waals surface area (Å²) in [6.07, 6.45) is 1.86. The van der Waals surface area contributed by atoms with Crippen molar-refractivity contribution in [2.45, 2.75) is 6.92 Å². The van der Waals surface area contributed by atoms with Crippen molar-refractivity contribution in [2.24, 2.45) is 5.73 Å². The maximum absolute atomic E-state index is 5.88. The molecule has 1 aromatic carbocycles. The molecule has 0 unspecified atom stereocenters. The normalized spacial score (nSPS) is 15.3. The minimum absolute atomic E-state index is 0.469. The number of aryl methyl sites for hydroxylation is 1. The summed E-state index contributed by atoms with van der Waals surface area (Å²) >= 11 is 6.89. The van der Waals surface area contributed by atoms with Crippen molar-refractivity contribution < 1.29 is 0 Å². The van der Waals surface area contributed by atoms with Gasteiger partial charge in [0.25, 0.3) is 0 Å². The van der Waals surface area contributed by atoms with E-state index in [9.17, 15) is 0 Å². The molecule has 0 amide bonds. The molecule has 21 heavy (non-hydrogen) atoms. The number of benzene rings is 1. The van der Waals surface area contributed by atoms with Crippen molar-refractivity contribution in [1.29, 1.82) is 0 Å². The monoisotopic (exact) mass is 318 g/mol. The first-order valence-electron chi connectivity index (χ1n) is 6.95. The largest absolute Gasteiger partial charge is 0.389 e. The van der Waals surface area contributed by atoms with Crippen LogP contribution < -0.4 is 15.5 Å². The Morgan fingerprint density at radius 2 is 1.95 bits per heavy atom. The Hall–Kier alpha value is -1.66. The second-order valence-corrected chi connectivity index (χ2v) is 6.49. The standard InChI is InChI=1S/C15H18N4S2/c1-11-2-3-13(12(10-11)14(16)20)18-5-7-19(8-6-18)15-17-4-9-21-15/h2-4,9-10H,5-8H2,1H3,(H2,16,20). The Bertz CT molecular complexity index is 631. The van der Waals surface area contributed by atoms with Gasteiger partial charge in [0.1, 0.15) is 4.99 Å². The second-order valence-electron chi connectivity index (χ2n) is 5.17. The summed E-state index contributed by atoms with van der Waals surface area (Å²) in [7, 11) is 0. The minimum atomic E-state index is 0.469. The Kier molecular flexibility index (Phi) is 4.07. The molecule has 1 aliphatic heterocycles. The minimum Gasteiger partial charge on any atom is -0.389 e. The molecular weight excluding hydrogens is 300 g/mol. The maximum atomic E-state index is 5.88. The predicted molar refractivity (Wildman–Crippen MR) is 93.6 cm³/mol. The average molecular weight is 318 g/mol. The van der Waals surface area contributed by atoms with Crippen molar-refractivity contribution in [2.75, 3.05) is 36.0 Å². The van der Waals surface area contributed by atoms with Crippen LogP contribution in [-0.4, -0.2) is 36.2 Å². The second kappa shape index (κ2) is 5.99. The number of aromatic nitrogens is 1. The zero-order valence-electron chi connectivity index (χ0n) is 12.0. The van der Waals surface area contributed by atoms with Gasteiger partial charge in [0, 0.05) is 49.0 Å². The fraction of sp³-hybridized carbons (Fsp3) is 0.333. The lowest BCUT2D eigenvalue weighted by molar-refractivity contribution is 0.652. The van der Waals surface area contributed by atoms with E-state index >= 15 is 0 Å². The van der Waals surface area contributed by atoms with Gasteiger partial charge in [-0.15, -0.1) is 11.3 Å². The number of nitrogens with two attached hydrogens (primary N) is 1. The molecule has 1 aromatic heterocycles. The van der Waals surface area contributed by atoms with E-state index < -0.39 is 0 Å². The molecule has 0 aliphatic carbocycles. The number of nitrogens with zero attached hydrogens (tertiary/aromatic N) is 3. The smallest absolute Gasteiger partial charge is 0.185 e. The van der Waals surface area contributed by atoms with Crippen molar-refractivity contribution in [1.82, 2.24) is 4.98 Å². The average Bonchev–Trinajstić information content (AvgIpc) is 3.01. The molecule has 1 saturated heterocycles. The van der Waals surface area contributed by atoms with Crippen LogP contribution in [0.2, 0.25) is 0 Å². The van der Waals surface area contributed by atoms with Gasteiger partial charge in [0.05, 0.1) is 0 Å². The third-order valence-corrected chi connectivity index (χ3v) is 4.78. The van der Waals surface area contributed by atoms with Crippen LogP contribution in [0.25, 0.3) is 0 Å². The van der Waals surface area contributed by atoms with Crippen molar-refractivity contribution >= 4 is 39.4 Å². The van der Waals surface area contributed by atoms with E-state index in [1.807, 2.05) is 11.6 Å². The number of piperazine rings is 1. The highest BCUT2D eigenvalue weighted by Crippen LogP contribution is 2.25. The summed E-state index contributed by atoms with van der Waals surface area (Å²) < 4.78 is 0.